The molecule has 0 nitrogen and oxygen atoms in total. The van der Waals surface area contributed by atoms with Crippen molar-refractivity contribution in [2.45, 2.75) is 33.6 Å². The fraction of sp³-hybridized carbons (Fsp3) is 0.333. The quantitative estimate of drug-likeness (QED) is 0.435. The van der Waals surface area contributed by atoms with E-state index in [1.807, 2.05) is 12.2 Å². The highest BCUT2D eigenvalue weighted by Crippen LogP contribution is 2.14. The molecule has 0 spiro atoms. The van der Waals surface area contributed by atoms with Crippen molar-refractivity contribution in [3.8, 4) is 0 Å². The fourth-order valence-electron chi connectivity index (χ4n) is 1.83. The van der Waals surface area contributed by atoms with E-state index < -0.39 is 0 Å². The van der Waals surface area contributed by atoms with Crippen LogP contribution in [0.4, 0.5) is 0 Å². The van der Waals surface area contributed by atoms with E-state index in [0.717, 1.165) is 12.8 Å². The normalized spacial score (nSPS) is 11.9. The molecule has 102 valence electrons. The second-order valence-corrected chi connectivity index (χ2v) is 5.34. The molecule has 0 N–H and O–H groups in total. The smallest absolute Gasteiger partial charge is 0.0407 e. The highest BCUT2D eigenvalue weighted by molar-refractivity contribution is 6.19. The molecule has 1 rings (SSSR count). The molecule has 0 fully saturated rings. The van der Waals surface area contributed by atoms with Crippen molar-refractivity contribution in [2.75, 3.05) is 5.88 Å². The Morgan fingerprint density at radius 1 is 1.05 bits per heavy atom. The molecule has 0 radical (unpaired) electrons. The van der Waals surface area contributed by atoms with Crippen LogP contribution < -0.4 is 0 Å². The van der Waals surface area contributed by atoms with E-state index in [-0.39, 0.29) is 0 Å². The molecule has 1 heteroatoms. The van der Waals surface area contributed by atoms with Crippen molar-refractivity contribution >= 4 is 23.8 Å². The Balaban J connectivity index is 2.60. The number of hydrogen-bond donors (Lipinski definition) is 0. The number of hydrogen-bond acceptors (Lipinski definition) is 0. The molecule has 19 heavy (non-hydrogen) atoms. The van der Waals surface area contributed by atoms with E-state index >= 15 is 0 Å². The zero-order valence-electron chi connectivity index (χ0n) is 12.1. The summed E-state index contributed by atoms with van der Waals surface area (Å²) in [5.74, 6) is 0.561. The summed E-state index contributed by atoms with van der Waals surface area (Å²) >= 11 is 5.62. The third kappa shape index (κ3) is 7.03. The van der Waals surface area contributed by atoms with E-state index in [1.54, 1.807) is 0 Å². The maximum Gasteiger partial charge on any atom is 0.0407 e. The number of allylic oxidation sites excluding steroid dienone is 4. The van der Waals surface area contributed by atoms with Crippen LogP contribution in [0.1, 0.15) is 44.7 Å². The van der Waals surface area contributed by atoms with Crippen LogP contribution in [-0.2, 0) is 0 Å². The van der Waals surface area contributed by atoms with Gasteiger partial charge in [-0.1, -0.05) is 59.7 Å². The van der Waals surface area contributed by atoms with Crippen molar-refractivity contribution in [3.63, 3.8) is 0 Å². The SMILES string of the molecule is CC(C)=CCCC(C)=Cc1ccc(C=CCCl)cc1. The molecule has 1 aromatic carbocycles. The van der Waals surface area contributed by atoms with Crippen LogP contribution >= 0.6 is 11.6 Å². The summed E-state index contributed by atoms with van der Waals surface area (Å²) in [4.78, 5) is 0. The molecule has 0 amide bonds. The van der Waals surface area contributed by atoms with Gasteiger partial charge in [0.15, 0.2) is 0 Å². The Kier molecular flexibility index (Phi) is 7.28. The van der Waals surface area contributed by atoms with Gasteiger partial charge in [-0.3, -0.25) is 0 Å². The highest BCUT2D eigenvalue weighted by Gasteiger charge is 1.92. The van der Waals surface area contributed by atoms with E-state index in [2.05, 4.69) is 57.2 Å². The Labute approximate surface area is 122 Å². The summed E-state index contributed by atoms with van der Waals surface area (Å²) in [5, 5.41) is 0. The van der Waals surface area contributed by atoms with Gasteiger partial charge in [-0.05, 0) is 44.7 Å². The Morgan fingerprint density at radius 2 is 1.68 bits per heavy atom. The summed E-state index contributed by atoms with van der Waals surface area (Å²) < 4.78 is 0. The molecule has 0 aliphatic heterocycles. The van der Waals surface area contributed by atoms with Gasteiger partial charge in [0.2, 0.25) is 0 Å². The third-order valence-electron chi connectivity index (χ3n) is 2.84. The van der Waals surface area contributed by atoms with Crippen LogP contribution in [-0.4, -0.2) is 5.88 Å². The first-order valence-electron chi connectivity index (χ1n) is 6.75. The number of benzene rings is 1. The predicted molar refractivity (Wildman–Crippen MR) is 88.5 cm³/mol. The summed E-state index contributed by atoms with van der Waals surface area (Å²) in [6, 6.07) is 8.55. The lowest BCUT2D eigenvalue weighted by Crippen LogP contribution is -1.80. The van der Waals surface area contributed by atoms with Crippen molar-refractivity contribution in [1.82, 2.24) is 0 Å². The first-order chi connectivity index (χ1) is 9.11. The minimum atomic E-state index is 0.561. The maximum atomic E-state index is 5.62. The van der Waals surface area contributed by atoms with Gasteiger partial charge in [-0.15, -0.1) is 11.6 Å². The van der Waals surface area contributed by atoms with Crippen LogP contribution in [0.3, 0.4) is 0 Å². The zero-order valence-corrected chi connectivity index (χ0v) is 12.9. The number of halogens is 1. The Bertz CT molecular complexity index is 457. The first kappa shape index (κ1) is 15.8. The van der Waals surface area contributed by atoms with E-state index in [0.29, 0.717) is 5.88 Å². The lowest BCUT2D eigenvalue weighted by molar-refractivity contribution is 0.975. The maximum absolute atomic E-state index is 5.62. The van der Waals surface area contributed by atoms with Crippen LogP contribution in [0, 0.1) is 0 Å². The predicted octanol–water partition coefficient (Wildman–Crippen LogP) is 6.09. The summed E-state index contributed by atoms with van der Waals surface area (Å²) in [6.07, 6.45) is 10.8. The lowest BCUT2D eigenvalue weighted by atomic mass is 10.1. The molecule has 0 saturated heterocycles. The van der Waals surface area contributed by atoms with Gasteiger partial charge < -0.3 is 0 Å². The first-order valence-corrected chi connectivity index (χ1v) is 7.28. The zero-order chi connectivity index (χ0) is 14.1. The minimum Gasteiger partial charge on any atom is -0.122 e. The van der Waals surface area contributed by atoms with Crippen molar-refractivity contribution in [1.29, 1.82) is 0 Å². The molecule has 0 aliphatic carbocycles. The average molecular weight is 275 g/mol. The van der Waals surface area contributed by atoms with Crippen LogP contribution in [0.25, 0.3) is 12.2 Å². The van der Waals surface area contributed by atoms with Gasteiger partial charge in [0.1, 0.15) is 0 Å². The van der Waals surface area contributed by atoms with Crippen LogP contribution in [0.15, 0.2) is 47.6 Å². The molecule has 0 aromatic heterocycles. The monoisotopic (exact) mass is 274 g/mol. The molecule has 0 bridgehead atoms. The van der Waals surface area contributed by atoms with Gasteiger partial charge >= 0.3 is 0 Å². The minimum absolute atomic E-state index is 0.561. The Hall–Kier alpha value is -1.27. The van der Waals surface area contributed by atoms with E-state index in [4.69, 9.17) is 11.6 Å². The van der Waals surface area contributed by atoms with E-state index in [1.165, 1.54) is 22.3 Å². The average Bonchev–Trinajstić information content (AvgIpc) is 2.37. The fourth-order valence-corrected chi connectivity index (χ4v) is 1.92. The standard InChI is InChI=1S/C18H23Cl/c1-15(2)6-4-7-16(3)14-18-11-9-17(10-12-18)8-5-13-19/h5-6,8-12,14H,4,7,13H2,1-3H3. The van der Waals surface area contributed by atoms with Gasteiger partial charge in [-0.2, -0.15) is 0 Å². The largest absolute Gasteiger partial charge is 0.122 e. The summed E-state index contributed by atoms with van der Waals surface area (Å²) in [6.45, 7) is 6.48. The molecular weight excluding hydrogens is 252 g/mol. The van der Waals surface area contributed by atoms with E-state index in [9.17, 15) is 0 Å². The summed E-state index contributed by atoms with van der Waals surface area (Å²) in [7, 11) is 0. The lowest BCUT2D eigenvalue weighted by Gasteiger charge is -2.01. The van der Waals surface area contributed by atoms with Gasteiger partial charge in [0.25, 0.3) is 0 Å². The number of alkyl halides is 1. The molecule has 0 atom stereocenters. The van der Waals surface area contributed by atoms with Gasteiger partial charge in [-0.25, -0.2) is 0 Å². The van der Waals surface area contributed by atoms with Gasteiger partial charge in [0, 0.05) is 5.88 Å². The molecule has 0 aliphatic rings. The topological polar surface area (TPSA) is 0 Å². The Morgan fingerprint density at radius 3 is 2.26 bits per heavy atom. The number of rotatable bonds is 6. The second-order valence-electron chi connectivity index (χ2n) is 5.03. The second kappa shape index (κ2) is 8.77. The van der Waals surface area contributed by atoms with Gasteiger partial charge in [0.05, 0.1) is 0 Å². The van der Waals surface area contributed by atoms with Crippen LogP contribution in [0.2, 0.25) is 0 Å². The third-order valence-corrected chi connectivity index (χ3v) is 3.02. The van der Waals surface area contributed by atoms with Crippen molar-refractivity contribution in [3.05, 3.63) is 58.7 Å². The molecule has 0 heterocycles. The molecule has 0 saturated carbocycles. The summed E-state index contributed by atoms with van der Waals surface area (Å²) in [5.41, 5.74) is 5.27. The van der Waals surface area contributed by atoms with Crippen molar-refractivity contribution in [2.24, 2.45) is 0 Å². The molecule has 0 unspecified atom stereocenters. The van der Waals surface area contributed by atoms with Crippen molar-refractivity contribution < 1.29 is 0 Å². The highest BCUT2D eigenvalue weighted by atomic mass is 35.5. The molecular formula is C18H23Cl. The van der Waals surface area contributed by atoms with Crippen LogP contribution in [0.5, 0.6) is 0 Å². The molecule has 1 aromatic rings.